The van der Waals surface area contributed by atoms with Crippen molar-refractivity contribution in [3.63, 3.8) is 0 Å². The first kappa shape index (κ1) is 25.2. The monoisotopic (exact) mass is 458 g/mol. The van der Waals surface area contributed by atoms with E-state index in [0.717, 1.165) is 0 Å². The van der Waals surface area contributed by atoms with Crippen LogP contribution in [0.5, 0.6) is 0 Å². The molecular weight excluding hydrogens is 440 g/mol. The SMILES string of the molecule is C=CC(OC(C=C)(S(=O)(=O)C=C)S(=O)(=O)C=C)(S(=O)(=O)C=C)S(=O)(=O)C=C. The highest BCUT2D eigenvalue weighted by atomic mass is 32.3. The van der Waals surface area contributed by atoms with Gasteiger partial charge in [-0.25, -0.2) is 33.7 Å². The first-order valence-electron chi connectivity index (χ1n) is 6.53. The van der Waals surface area contributed by atoms with Gasteiger partial charge in [-0.3, -0.25) is 0 Å². The van der Waals surface area contributed by atoms with Crippen molar-refractivity contribution in [3.8, 4) is 0 Å². The number of rotatable bonds is 12. The van der Waals surface area contributed by atoms with E-state index in [4.69, 9.17) is 4.74 Å². The van der Waals surface area contributed by atoms with Crippen molar-refractivity contribution in [3.05, 3.63) is 73.3 Å². The molecule has 0 aromatic rings. The predicted molar refractivity (Wildman–Crippen MR) is 103 cm³/mol. The first-order valence-corrected chi connectivity index (χ1v) is 12.7. The summed E-state index contributed by atoms with van der Waals surface area (Å²) in [6.07, 6.45) is 0.382. The van der Waals surface area contributed by atoms with Gasteiger partial charge < -0.3 is 4.74 Å². The zero-order valence-corrected chi connectivity index (χ0v) is 17.3. The molecule has 9 nitrogen and oxygen atoms in total. The van der Waals surface area contributed by atoms with Gasteiger partial charge in [-0.1, -0.05) is 39.5 Å². The minimum atomic E-state index is -5.10. The largest absolute Gasteiger partial charge is 0.302 e. The molecule has 152 valence electrons. The molecule has 0 amide bonds. The molecule has 0 aliphatic carbocycles. The third-order valence-electron chi connectivity index (χ3n) is 3.25. The summed E-state index contributed by atoms with van der Waals surface area (Å²) in [6, 6.07) is 0. The number of sulfone groups is 4. The summed E-state index contributed by atoms with van der Waals surface area (Å²) in [6.45, 7) is 17.8. The maximum atomic E-state index is 12.5. The van der Waals surface area contributed by atoms with E-state index < -0.39 is 47.9 Å². The number of ether oxygens (including phenoxy) is 1. The van der Waals surface area contributed by atoms with E-state index in [1.807, 2.05) is 0 Å². The summed E-state index contributed by atoms with van der Waals surface area (Å²) in [5.41, 5.74) is 0. The molecule has 0 radical (unpaired) electrons. The molecule has 0 saturated carbocycles. The number of hydrogen-bond acceptors (Lipinski definition) is 9. The van der Waals surface area contributed by atoms with Gasteiger partial charge in [0.05, 0.1) is 0 Å². The van der Waals surface area contributed by atoms with E-state index in [-0.39, 0.29) is 33.8 Å². The summed E-state index contributed by atoms with van der Waals surface area (Å²) in [5, 5.41) is 0.518. The molecule has 0 aromatic carbocycles. The summed E-state index contributed by atoms with van der Waals surface area (Å²) < 4.78 is 97.4. The van der Waals surface area contributed by atoms with Gasteiger partial charge in [-0.05, 0) is 12.2 Å². The van der Waals surface area contributed by atoms with E-state index in [0.29, 0.717) is 0 Å². The molecule has 0 atom stereocenters. The predicted octanol–water partition coefficient (Wildman–Crippen LogP) is 0.916. The molecule has 27 heavy (non-hydrogen) atoms. The summed E-state index contributed by atoms with van der Waals surface area (Å²) >= 11 is 0. The molecule has 0 aliphatic rings. The van der Waals surface area contributed by atoms with Crippen LogP contribution in [0, 0.1) is 0 Å². The van der Waals surface area contributed by atoms with Crippen molar-refractivity contribution in [2.75, 3.05) is 0 Å². The van der Waals surface area contributed by atoms with Gasteiger partial charge in [-0.2, -0.15) is 0 Å². The molecule has 0 heterocycles. The van der Waals surface area contributed by atoms with Crippen LogP contribution in [-0.4, -0.2) is 42.2 Å². The fourth-order valence-electron chi connectivity index (χ4n) is 1.77. The van der Waals surface area contributed by atoms with E-state index in [2.05, 4.69) is 39.5 Å². The lowest BCUT2D eigenvalue weighted by Gasteiger charge is -2.36. The minimum Gasteiger partial charge on any atom is -0.302 e. The lowest BCUT2D eigenvalue weighted by molar-refractivity contribution is 0.0796. The Morgan fingerprint density at radius 3 is 0.778 bits per heavy atom. The normalized spacial score (nSPS) is 13.9. The van der Waals surface area contributed by atoms with E-state index in [9.17, 15) is 33.7 Å². The van der Waals surface area contributed by atoms with Crippen molar-refractivity contribution in [1.29, 1.82) is 0 Å². The molecule has 0 unspecified atom stereocenters. The maximum absolute atomic E-state index is 12.5. The summed E-state index contributed by atoms with van der Waals surface area (Å²) in [5.74, 6) is 0. The van der Waals surface area contributed by atoms with Crippen LogP contribution in [0.15, 0.2) is 73.3 Å². The lowest BCUT2D eigenvalue weighted by atomic mass is 10.6. The average Bonchev–Trinajstić information content (AvgIpc) is 2.61. The van der Waals surface area contributed by atoms with E-state index in [1.54, 1.807) is 0 Å². The van der Waals surface area contributed by atoms with Crippen molar-refractivity contribution in [2.45, 2.75) is 8.53 Å². The van der Waals surface area contributed by atoms with Crippen LogP contribution in [0.4, 0.5) is 0 Å². The number of hydrogen-bond donors (Lipinski definition) is 0. The average molecular weight is 459 g/mol. The van der Waals surface area contributed by atoms with Crippen LogP contribution in [0.2, 0.25) is 0 Å². The Kier molecular flexibility index (Phi) is 7.16. The van der Waals surface area contributed by atoms with Crippen molar-refractivity contribution in [1.82, 2.24) is 0 Å². The Morgan fingerprint density at radius 2 is 0.667 bits per heavy atom. The second-order valence-electron chi connectivity index (χ2n) is 4.56. The standard InChI is InChI=1S/C14H18O9S4/c1-7-13(24(15,16)9-3,25(17,18)10-4)23-14(8-2,26(19,20)11-5)27(21,22)12-6/h7-12H,1-6H2. The van der Waals surface area contributed by atoms with Gasteiger partial charge in [0.2, 0.25) is 39.3 Å². The first-order chi connectivity index (χ1) is 12.1. The van der Waals surface area contributed by atoms with Crippen LogP contribution in [0.25, 0.3) is 0 Å². The molecule has 0 aromatic heterocycles. The molecule has 0 rings (SSSR count). The van der Waals surface area contributed by atoms with Crippen molar-refractivity contribution in [2.24, 2.45) is 0 Å². The lowest BCUT2D eigenvalue weighted by Crippen LogP contribution is -2.56. The Balaban J connectivity index is 7.80. The van der Waals surface area contributed by atoms with E-state index >= 15 is 0 Å². The Labute approximate surface area is 159 Å². The fraction of sp³-hybridized carbons (Fsp3) is 0.143. The Bertz CT molecular complexity index is 937. The van der Waals surface area contributed by atoms with Crippen molar-refractivity contribution < 1.29 is 38.4 Å². The zero-order chi connectivity index (χ0) is 21.9. The Hall–Kier alpha value is -1.80. The van der Waals surface area contributed by atoms with Gasteiger partial charge >= 0.3 is 0 Å². The van der Waals surface area contributed by atoms with Crippen LogP contribution < -0.4 is 0 Å². The molecule has 0 spiro atoms. The van der Waals surface area contributed by atoms with E-state index in [1.165, 1.54) is 0 Å². The Morgan fingerprint density at radius 1 is 0.481 bits per heavy atom. The highest BCUT2D eigenvalue weighted by Gasteiger charge is 2.63. The molecular formula is C14H18O9S4. The van der Waals surface area contributed by atoms with Gasteiger partial charge in [0, 0.05) is 21.6 Å². The molecule has 0 N–H and O–H groups in total. The third kappa shape index (κ3) is 3.52. The minimum absolute atomic E-state index is 0.130. The van der Waals surface area contributed by atoms with Crippen molar-refractivity contribution >= 4 is 39.3 Å². The van der Waals surface area contributed by atoms with Gasteiger partial charge in [0.15, 0.2) is 0 Å². The summed E-state index contributed by atoms with van der Waals surface area (Å²) in [7, 11) is -20.4. The molecule has 13 heteroatoms. The molecule has 0 bridgehead atoms. The van der Waals surface area contributed by atoms with Crippen LogP contribution in [0.1, 0.15) is 0 Å². The summed E-state index contributed by atoms with van der Waals surface area (Å²) in [4.78, 5) is 0. The van der Waals surface area contributed by atoms with Crippen LogP contribution in [0.3, 0.4) is 0 Å². The highest BCUT2D eigenvalue weighted by molar-refractivity contribution is 8.14. The molecule has 0 fully saturated rings. The van der Waals surface area contributed by atoms with Gasteiger partial charge in [0.1, 0.15) is 0 Å². The molecule has 0 saturated heterocycles. The second kappa shape index (κ2) is 7.67. The third-order valence-corrected chi connectivity index (χ3v) is 12.0. The molecule has 0 aliphatic heterocycles. The van der Waals surface area contributed by atoms with Gasteiger partial charge in [0.25, 0.3) is 8.53 Å². The highest BCUT2D eigenvalue weighted by Crippen LogP contribution is 2.41. The fourth-order valence-corrected chi connectivity index (χ4v) is 8.23. The zero-order valence-electron chi connectivity index (χ0n) is 14.0. The topological polar surface area (TPSA) is 146 Å². The van der Waals surface area contributed by atoms with Crippen LogP contribution >= 0.6 is 0 Å². The quantitative estimate of drug-likeness (QED) is 0.389. The smallest absolute Gasteiger partial charge is 0.299 e. The maximum Gasteiger partial charge on any atom is 0.299 e. The second-order valence-corrected chi connectivity index (χ2v) is 13.2. The van der Waals surface area contributed by atoms with Crippen LogP contribution in [-0.2, 0) is 44.1 Å². The van der Waals surface area contributed by atoms with Gasteiger partial charge in [-0.15, -0.1) is 0 Å².